The minimum absolute atomic E-state index is 0.124. The summed E-state index contributed by atoms with van der Waals surface area (Å²) in [5, 5.41) is 11.5. The van der Waals surface area contributed by atoms with Crippen LogP contribution in [0.2, 0.25) is 0 Å². The minimum Gasteiger partial charge on any atom is -0.497 e. The molecule has 0 atom stereocenters. The summed E-state index contributed by atoms with van der Waals surface area (Å²) in [4.78, 5) is 11.8. The third kappa shape index (κ3) is 4.25. The van der Waals surface area contributed by atoms with Crippen molar-refractivity contribution in [2.24, 2.45) is 0 Å². The van der Waals surface area contributed by atoms with Gasteiger partial charge in [-0.05, 0) is 42.5 Å². The van der Waals surface area contributed by atoms with Crippen molar-refractivity contribution in [3.63, 3.8) is 0 Å². The van der Waals surface area contributed by atoms with Crippen molar-refractivity contribution in [1.29, 1.82) is 5.26 Å². The van der Waals surface area contributed by atoms with Gasteiger partial charge in [-0.2, -0.15) is 5.26 Å². The molecule has 0 unspecified atom stereocenters. The van der Waals surface area contributed by atoms with E-state index in [0.717, 1.165) is 5.75 Å². The number of ether oxygens (including phenoxy) is 2. The van der Waals surface area contributed by atoms with E-state index in [9.17, 15) is 4.79 Å². The number of methoxy groups -OCH3 is 1. The van der Waals surface area contributed by atoms with Gasteiger partial charge < -0.3 is 14.8 Å². The molecule has 2 aromatic carbocycles. The number of nitriles is 1. The third-order valence-electron chi connectivity index (χ3n) is 2.71. The number of hydrogen-bond acceptors (Lipinski definition) is 4. The zero-order valence-corrected chi connectivity index (χ0v) is 11.5. The van der Waals surface area contributed by atoms with Gasteiger partial charge in [-0.1, -0.05) is 6.07 Å². The molecule has 2 aromatic rings. The topological polar surface area (TPSA) is 71.3 Å². The Balaban J connectivity index is 1.88. The molecule has 0 spiro atoms. The monoisotopic (exact) mass is 282 g/mol. The van der Waals surface area contributed by atoms with Crippen LogP contribution in [0.3, 0.4) is 0 Å². The number of rotatable bonds is 5. The maximum atomic E-state index is 11.8. The SMILES string of the molecule is COc1ccc(NC(=O)COc2cccc(C#N)c2)cc1. The first kappa shape index (κ1) is 14.4. The lowest BCUT2D eigenvalue weighted by Crippen LogP contribution is -2.20. The molecule has 1 amide bonds. The second-order valence-corrected chi connectivity index (χ2v) is 4.20. The Morgan fingerprint density at radius 1 is 1.19 bits per heavy atom. The van der Waals surface area contributed by atoms with Crippen molar-refractivity contribution in [2.45, 2.75) is 0 Å². The van der Waals surface area contributed by atoms with E-state index in [-0.39, 0.29) is 12.5 Å². The van der Waals surface area contributed by atoms with E-state index >= 15 is 0 Å². The van der Waals surface area contributed by atoms with Crippen molar-refractivity contribution in [2.75, 3.05) is 19.0 Å². The van der Waals surface area contributed by atoms with Crippen molar-refractivity contribution in [3.05, 3.63) is 54.1 Å². The van der Waals surface area contributed by atoms with E-state index in [2.05, 4.69) is 5.32 Å². The molecule has 0 aliphatic carbocycles. The van der Waals surface area contributed by atoms with Crippen LogP contribution < -0.4 is 14.8 Å². The Bertz CT molecular complexity index is 660. The minimum atomic E-state index is -0.275. The van der Waals surface area contributed by atoms with Crippen LogP contribution in [-0.2, 0) is 4.79 Å². The molecular weight excluding hydrogens is 268 g/mol. The Morgan fingerprint density at radius 2 is 1.95 bits per heavy atom. The zero-order chi connectivity index (χ0) is 15.1. The number of carbonyl (C=O) groups is 1. The van der Waals surface area contributed by atoms with E-state index in [0.29, 0.717) is 17.0 Å². The fourth-order valence-corrected chi connectivity index (χ4v) is 1.68. The second kappa shape index (κ2) is 6.96. The molecule has 5 heteroatoms. The molecule has 0 saturated heterocycles. The van der Waals surface area contributed by atoms with Gasteiger partial charge in [0, 0.05) is 5.69 Å². The van der Waals surface area contributed by atoms with Gasteiger partial charge in [0.25, 0.3) is 5.91 Å². The molecule has 0 radical (unpaired) electrons. The number of nitrogens with zero attached hydrogens (tertiary/aromatic N) is 1. The molecule has 2 rings (SSSR count). The summed E-state index contributed by atoms with van der Waals surface area (Å²) in [5.41, 5.74) is 1.15. The van der Waals surface area contributed by atoms with Gasteiger partial charge in [0.15, 0.2) is 6.61 Å². The standard InChI is InChI=1S/C16H14N2O3/c1-20-14-7-5-13(6-8-14)18-16(19)11-21-15-4-2-3-12(9-15)10-17/h2-9H,11H2,1H3,(H,18,19). The Labute approximate surface area is 122 Å². The van der Waals surface area contributed by atoms with Gasteiger partial charge >= 0.3 is 0 Å². The maximum absolute atomic E-state index is 11.8. The van der Waals surface area contributed by atoms with Crippen molar-refractivity contribution < 1.29 is 14.3 Å². The number of amides is 1. The van der Waals surface area contributed by atoms with Gasteiger partial charge in [-0.25, -0.2) is 0 Å². The molecule has 0 aliphatic rings. The first-order valence-electron chi connectivity index (χ1n) is 6.28. The van der Waals surface area contributed by atoms with E-state index in [1.807, 2.05) is 6.07 Å². The van der Waals surface area contributed by atoms with Crippen LogP contribution in [0.5, 0.6) is 11.5 Å². The first-order chi connectivity index (χ1) is 10.2. The van der Waals surface area contributed by atoms with Gasteiger partial charge in [0.05, 0.1) is 18.7 Å². The summed E-state index contributed by atoms with van der Waals surface area (Å²) >= 11 is 0. The molecule has 0 fully saturated rings. The molecule has 0 aromatic heterocycles. The average molecular weight is 282 g/mol. The molecule has 0 bridgehead atoms. The Kier molecular flexibility index (Phi) is 4.78. The van der Waals surface area contributed by atoms with Crippen LogP contribution in [0.25, 0.3) is 0 Å². The summed E-state index contributed by atoms with van der Waals surface area (Å²) in [6, 6.07) is 15.7. The molecule has 106 valence electrons. The zero-order valence-electron chi connectivity index (χ0n) is 11.5. The van der Waals surface area contributed by atoms with Gasteiger partial charge in [-0.3, -0.25) is 4.79 Å². The van der Waals surface area contributed by atoms with Crippen LogP contribution in [0.15, 0.2) is 48.5 Å². The Morgan fingerprint density at radius 3 is 2.62 bits per heavy atom. The predicted molar refractivity (Wildman–Crippen MR) is 78.3 cm³/mol. The summed E-state index contributed by atoms with van der Waals surface area (Å²) in [6.45, 7) is -0.124. The van der Waals surface area contributed by atoms with Gasteiger partial charge in [0.2, 0.25) is 0 Å². The quantitative estimate of drug-likeness (QED) is 0.915. The fraction of sp³-hybridized carbons (Fsp3) is 0.125. The average Bonchev–Trinajstić information content (AvgIpc) is 2.54. The second-order valence-electron chi connectivity index (χ2n) is 4.20. The highest BCUT2D eigenvalue weighted by Gasteiger charge is 2.04. The highest BCUT2D eigenvalue weighted by atomic mass is 16.5. The van der Waals surface area contributed by atoms with Gasteiger partial charge in [0.1, 0.15) is 11.5 Å². The van der Waals surface area contributed by atoms with Crippen LogP contribution in [0.1, 0.15) is 5.56 Å². The lowest BCUT2D eigenvalue weighted by Gasteiger charge is -2.08. The van der Waals surface area contributed by atoms with Crippen molar-refractivity contribution in [1.82, 2.24) is 0 Å². The molecule has 0 heterocycles. The van der Waals surface area contributed by atoms with Gasteiger partial charge in [-0.15, -0.1) is 0 Å². The summed E-state index contributed by atoms with van der Waals surface area (Å²) < 4.78 is 10.4. The summed E-state index contributed by atoms with van der Waals surface area (Å²) in [7, 11) is 1.58. The van der Waals surface area contributed by atoms with E-state index in [1.54, 1.807) is 55.6 Å². The van der Waals surface area contributed by atoms with E-state index < -0.39 is 0 Å². The van der Waals surface area contributed by atoms with Crippen LogP contribution in [-0.4, -0.2) is 19.6 Å². The number of hydrogen-bond donors (Lipinski definition) is 1. The lowest BCUT2D eigenvalue weighted by atomic mass is 10.2. The Hall–Kier alpha value is -3.00. The molecular formula is C16H14N2O3. The highest BCUT2D eigenvalue weighted by molar-refractivity contribution is 5.91. The molecule has 0 saturated carbocycles. The van der Waals surface area contributed by atoms with E-state index in [4.69, 9.17) is 14.7 Å². The molecule has 5 nitrogen and oxygen atoms in total. The molecule has 1 N–H and O–H groups in total. The smallest absolute Gasteiger partial charge is 0.262 e. The number of carbonyl (C=O) groups excluding carboxylic acids is 1. The summed E-state index contributed by atoms with van der Waals surface area (Å²) in [6.07, 6.45) is 0. The van der Waals surface area contributed by atoms with Crippen LogP contribution in [0.4, 0.5) is 5.69 Å². The fourth-order valence-electron chi connectivity index (χ4n) is 1.68. The molecule has 0 aliphatic heterocycles. The first-order valence-corrected chi connectivity index (χ1v) is 6.28. The predicted octanol–water partition coefficient (Wildman–Crippen LogP) is 2.58. The maximum Gasteiger partial charge on any atom is 0.262 e. The van der Waals surface area contributed by atoms with E-state index in [1.165, 1.54) is 0 Å². The summed E-state index contributed by atoms with van der Waals surface area (Å²) in [5.74, 6) is 0.930. The largest absolute Gasteiger partial charge is 0.497 e. The molecule has 21 heavy (non-hydrogen) atoms. The van der Waals surface area contributed by atoms with Crippen molar-refractivity contribution >= 4 is 11.6 Å². The number of anilines is 1. The third-order valence-corrected chi connectivity index (χ3v) is 2.71. The number of nitrogens with one attached hydrogen (secondary N) is 1. The van der Waals surface area contributed by atoms with Crippen LogP contribution in [0, 0.1) is 11.3 Å². The normalized spacial score (nSPS) is 9.52. The lowest BCUT2D eigenvalue weighted by molar-refractivity contribution is -0.118. The van der Waals surface area contributed by atoms with Crippen molar-refractivity contribution in [3.8, 4) is 17.6 Å². The highest BCUT2D eigenvalue weighted by Crippen LogP contribution is 2.15. The number of benzene rings is 2. The van der Waals surface area contributed by atoms with Crippen LogP contribution >= 0.6 is 0 Å².